The van der Waals surface area contributed by atoms with Gasteiger partial charge in [-0.25, -0.2) is 4.79 Å². The van der Waals surface area contributed by atoms with Gasteiger partial charge in [-0.2, -0.15) is 0 Å². The first-order valence-corrected chi connectivity index (χ1v) is 6.27. The largest absolute Gasteiger partial charge is 0.475 e. The third-order valence-electron chi connectivity index (χ3n) is 3.31. The van der Waals surface area contributed by atoms with Gasteiger partial charge in [-0.3, -0.25) is 9.69 Å². The zero-order valence-corrected chi connectivity index (χ0v) is 11.1. The van der Waals surface area contributed by atoms with Crippen LogP contribution < -0.4 is 5.32 Å². The number of carboxylic acids is 1. The number of likely N-dealkylation sites (tertiary alicyclic amines) is 1. The molecule has 1 amide bonds. The van der Waals surface area contributed by atoms with Crippen molar-refractivity contribution in [2.24, 2.45) is 0 Å². The number of aryl methyl sites for hydroxylation is 1. The summed E-state index contributed by atoms with van der Waals surface area (Å²) >= 11 is 0. The Bertz CT molecular complexity index is 495. The summed E-state index contributed by atoms with van der Waals surface area (Å²) in [7, 11) is 0. The summed E-state index contributed by atoms with van der Waals surface area (Å²) in [6.07, 6.45) is 0.919. The summed E-state index contributed by atoms with van der Waals surface area (Å²) in [5, 5.41) is 11.8. The lowest BCUT2D eigenvalue weighted by Gasteiger charge is -2.15. The number of carbonyl (C=O) groups excluding carboxylic acids is 1. The first-order chi connectivity index (χ1) is 8.95. The van der Waals surface area contributed by atoms with Crippen molar-refractivity contribution in [3.63, 3.8) is 0 Å². The fraction of sp³-hybridized carbons (Fsp3) is 0.538. The van der Waals surface area contributed by atoms with Crippen molar-refractivity contribution < 1.29 is 19.1 Å². The van der Waals surface area contributed by atoms with Gasteiger partial charge in [0.05, 0.1) is 0 Å². The smallest absolute Gasteiger partial charge is 0.371 e. The molecule has 0 aliphatic carbocycles. The van der Waals surface area contributed by atoms with Crippen LogP contribution in [0, 0.1) is 6.92 Å². The molecule has 0 aromatic carbocycles. The Balaban J connectivity index is 1.95. The molecule has 6 heteroatoms. The summed E-state index contributed by atoms with van der Waals surface area (Å²) in [6, 6.07) is 1.76. The van der Waals surface area contributed by atoms with Crippen molar-refractivity contribution in [1.82, 2.24) is 10.2 Å². The highest BCUT2D eigenvalue weighted by Crippen LogP contribution is 2.19. The molecular formula is C13H18N2O4. The van der Waals surface area contributed by atoms with Gasteiger partial charge < -0.3 is 14.8 Å². The third-order valence-corrected chi connectivity index (χ3v) is 3.31. The summed E-state index contributed by atoms with van der Waals surface area (Å²) < 4.78 is 5.18. The lowest BCUT2D eigenvalue weighted by atomic mass is 10.2. The predicted octanol–water partition coefficient (Wildman–Crippen LogP) is 0.997. The van der Waals surface area contributed by atoms with Crippen LogP contribution in [0.25, 0.3) is 0 Å². The molecule has 2 heterocycles. The van der Waals surface area contributed by atoms with E-state index in [4.69, 9.17) is 9.52 Å². The number of hydrogen-bond acceptors (Lipinski definition) is 4. The Labute approximate surface area is 111 Å². The maximum absolute atomic E-state index is 11.0. The maximum Gasteiger partial charge on any atom is 0.371 e. The summed E-state index contributed by atoms with van der Waals surface area (Å²) in [5.41, 5.74) is 0.890. The number of nitrogens with one attached hydrogen (secondary N) is 1. The lowest BCUT2D eigenvalue weighted by Crippen LogP contribution is -2.35. The van der Waals surface area contributed by atoms with E-state index >= 15 is 0 Å². The molecule has 1 saturated heterocycles. The second kappa shape index (κ2) is 5.44. The van der Waals surface area contributed by atoms with Crippen LogP contribution in [0.1, 0.15) is 35.2 Å². The number of nitrogens with zero attached hydrogens (tertiary/aromatic N) is 1. The van der Waals surface area contributed by atoms with Crippen LogP contribution in [0.15, 0.2) is 10.5 Å². The molecule has 1 fully saturated rings. The SMILES string of the molecule is CC(=O)NC1CCN(Cc2cc(C(=O)O)oc2C)C1. The van der Waals surface area contributed by atoms with Gasteiger partial charge in [-0.1, -0.05) is 0 Å². The van der Waals surface area contributed by atoms with Crippen LogP contribution in [0.3, 0.4) is 0 Å². The molecule has 1 aromatic heterocycles. The Hall–Kier alpha value is -1.82. The number of hydrogen-bond donors (Lipinski definition) is 2. The van der Waals surface area contributed by atoms with Crippen LogP contribution in [0.2, 0.25) is 0 Å². The molecule has 2 rings (SSSR count). The molecule has 19 heavy (non-hydrogen) atoms. The van der Waals surface area contributed by atoms with Gasteiger partial charge in [0.25, 0.3) is 0 Å². The van der Waals surface area contributed by atoms with Gasteiger partial charge in [0.1, 0.15) is 5.76 Å². The molecule has 1 aliphatic heterocycles. The molecule has 0 radical (unpaired) electrons. The molecule has 1 unspecified atom stereocenters. The quantitative estimate of drug-likeness (QED) is 0.849. The van der Waals surface area contributed by atoms with Gasteiger partial charge in [0.2, 0.25) is 11.7 Å². The van der Waals surface area contributed by atoms with Gasteiger partial charge in [0.15, 0.2) is 0 Å². The van der Waals surface area contributed by atoms with E-state index in [1.807, 2.05) is 0 Å². The highest BCUT2D eigenvalue weighted by Gasteiger charge is 2.24. The molecule has 0 bridgehead atoms. The zero-order valence-electron chi connectivity index (χ0n) is 11.1. The minimum atomic E-state index is -1.05. The Morgan fingerprint density at radius 3 is 2.89 bits per heavy atom. The third kappa shape index (κ3) is 3.35. The fourth-order valence-electron chi connectivity index (χ4n) is 2.40. The molecule has 1 atom stereocenters. The van der Waals surface area contributed by atoms with Crippen molar-refractivity contribution in [3.05, 3.63) is 23.2 Å². The van der Waals surface area contributed by atoms with Gasteiger partial charge in [-0.05, 0) is 19.4 Å². The van der Waals surface area contributed by atoms with Crippen LogP contribution in [-0.2, 0) is 11.3 Å². The van der Waals surface area contributed by atoms with Crippen LogP contribution in [0.5, 0.6) is 0 Å². The van der Waals surface area contributed by atoms with Gasteiger partial charge >= 0.3 is 5.97 Å². The Morgan fingerprint density at radius 2 is 2.32 bits per heavy atom. The van der Waals surface area contributed by atoms with E-state index in [-0.39, 0.29) is 17.7 Å². The van der Waals surface area contributed by atoms with Crippen molar-refractivity contribution in [3.8, 4) is 0 Å². The summed E-state index contributed by atoms with van der Waals surface area (Å²) in [6.45, 7) is 5.61. The Kier molecular flexibility index (Phi) is 3.90. The minimum absolute atomic E-state index is 0.0143. The Morgan fingerprint density at radius 1 is 1.58 bits per heavy atom. The van der Waals surface area contributed by atoms with Crippen molar-refractivity contribution in [2.75, 3.05) is 13.1 Å². The van der Waals surface area contributed by atoms with E-state index in [0.29, 0.717) is 12.3 Å². The number of carboxylic acid groups (broad SMARTS) is 1. The van der Waals surface area contributed by atoms with Crippen molar-refractivity contribution in [2.45, 2.75) is 32.9 Å². The highest BCUT2D eigenvalue weighted by molar-refractivity contribution is 5.84. The summed E-state index contributed by atoms with van der Waals surface area (Å²) in [5.74, 6) is -0.447. The standard InChI is InChI=1S/C13H18N2O4/c1-8-10(5-12(19-8)13(17)18)6-15-4-3-11(7-15)14-9(2)16/h5,11H,3-4,6-7H2,1-2H3,(H,14,16)(H,17,18). The highest BCUT2D eigenvalue weighted by atomic mass is 16.4. The second-order valence-electron chi connectivity index (χ2n) is 4.92. The second-order valence-corrected chi connectivity index (χ2v) is 4.92. The van der Waals surface area contributed by atoms with Gasteiger partial charge in [-0.15, -0.1) is 0 Å². The first-order valence-electron chi connectivity index (χ1n) is 6.27. The molecular weight excluding hydrogens is 248 g/mol. The fourth-order valence-corrected chi connectivity index (χ4v) is 2.40. The van der Waals surface area contributed by atoms with E-state index < -0.39 is 5.97 Å². The molecule has 2 N–H and O–H groups in total. The normalized spacial score (nSPS) is 19.6. The van der Waals surface area contributed by atoms with E-state index in [1.54, 1.807) is 13.0 Å². The van der Waals surface area contributed by atoms with Crippen molar-refractivity contribution in [1.29, 1.82) is 0 Å². The molecule has 1 aliphatic rings. The number of rotatable bonds is 4. The molecule has 1 aromatic rings. The van der Waals surface area contributed by atoms with E-state index in [9.17, 15) is 9.59 Å². The first kappa shape index (κ1) is 13.6. The summed E-state index contributed by atoms with van der Waals surface area (Å²) in [4.78, 5) is 24.0. The maximum atomic E-state index is 11.0. The number of amides is 1. The topological polar surface area (TPSA) is 82.8 Å². The van der Waals surface area contributed by atoms with E-state index in [2.05, 4.69) is 10.2 Å². The number of aromatic carboxylic acids is 1. The molecule has 6 nitrogen and oxygen atoms in total. The van der Waals surface area contributed by atoms with Gasteiger partial charge in [0, 0.05) is 38.2 Å². The minimum Gasteiger partial charge on any atom is -0.475 e. The molecule has 0 saturated carbocycles. The number of carbonyl (C=O) groups is 2. The van der Waals surface area contributed by atoms with Crippen LogP contribution >= 0.6 is 0 Å². The zero-order chi connectivity index (χ0) is 14.0. The molecule has 104 valence electrons. The monoisotopic (exact) mass is 266 g/mol. The molecule has 0 spiro atoms. The number of furan rings is 1. The van der Waals surface area contributed by atoms with Crippen LogP contribution in [0.4, 0.5) is 0 Å². The van der Waals surface area contributed by atoms with Crippen LogP contribution in [-0.4, -0.2) is 41.0 Å². The van der Waals surface area contributed by atoms with E-state index in [0.717, 1.165) is 25.1 Å². The average Bonchev–Trinajstić information content (AvgIpc) is 2.87. The average molecular weight is 266 g/mol. The lowest BCUT2D eigenvalue weighted by molar-refractivity contribution is -0.119. The van der Waals surface area contributed by atoms with Crippen molar-refractivity contribution >= 4 is 11.9 Å². The predicted molar refractivity (Wildman–Crippen MR) is 67.9 cm³/mol. The van der Waals surface area contributed by atoms with E-state index in [1.165, 1.54) is 6.92 Å².